The fraction of sp³-hybridized carbons (Fsp3) is 0.235. The zero-order valence-electron chi connectivity index (χ0n) is 12.6. The molecule has 0 bridgehead atoms. The summed E-state index contributed by atoms with van der Waals surface area (Å²) in [5, 5.41) is 0. The zero-order chi connectivity index (χ0) is 16.6. The van der Waals surface area contributed by atoms with E-state index in [1.165, 1.54) is 23.1 Å². The summed E-state index contributed by atoms with van der Waals surface area (Å²) in [5.41, 5.74) is 1.17. The number of amides is 1. The van der Waals surface area contributed by atoms with Crippen LogP contribution in [0.25, 0.3) is 11.1 Å². The largest absolute Gasteiger partial charge is 0.310 e. The smallest absolute Gasteiger partial charge is 0.227 e. The molecule has 1 saturated heterocycles. The zero-order valence-corrected chi connectivity index (χ0v) is 13.4. The molecule has 120 valence electrons. The SMILES string of the molecule is CS(=O)(=O)c1ccccc1-c1ccc(N2CCCC2=O)c(F)c1. The fourth-order valence-electron chi connectivity index (χ4n) is 2.82. The first-order chi connectivity index (χ1) is 10.9. The van der Waals surface area contributed by atoms with Crippen LogP contribution >= 0.6 is 0 Å². The van der Waals surface area contributed by atoms with Crippen molar-refractivity contribution < 1.29 is 17.6 Å². The molecule has 2 aromatic carbocycles. The van der Waals surface area contributed by atoms with Crippen molar-refractivity contribution in [3.05, 3.63) is 48.3 Å². The van der Waals surface area contributed by atoms with Crippen molar-refractivity contribution in [2.24, 2.45) is 0 Å². The van der Waals surface area contributed by atoms with Gasteiger partial charge in [0.25, 0.3) is 0 Å². The lowest BCUT2D eigenvalue weighted by atomic mass is 10.0. The summed E-state index contributed by atoms with van der Waals surface area (Å²) in [5.74, 6) is -0.616. The highest BCUT2D eigenvalue weighted by Crippen LogP contribution is 2.32. The van der Waals surface area contributed by atoms with Gasteiger partial charge < -0.3 is 4.90 Å². The normalized spacial score (nSPS) is 15.2. The predicted molar refractivity (Wildman–Crippen MR) is 86.5 cm³/mol. The van der Waals surface area contributed by atoms with Gasteiger partial charge in [-0.25, -0.2) is 12.8 Å². The van der Waals surface area contributed by atoms with Gasteiger partial charge in [-0.05, 0) is 30.2 Å². The highest BCUT2D eigenvalue weighted by molar-refractivity contribution is 7.90. The molecule has 6 heteroatoms. The third-order valence-corrected chi connectivity index (χ3v) is 5.06. The van der Waals surface area contributed by atoms with E-state index in [-0.39, 0.29) is 16.5 Å². The second-order valence-corrected chi connectivity index (χ2v) is 7.57. The third-order valence-electron chi connectivity index (χ3n) is 3.91. The van der Waals surface area contributed by atoms with E-state index in [0.717, 1.165) is 12.7 Å². The van der Waals surface area contributed by atoms with Crippen LogP contribution in [0.15, 0.2) is 47.4 Å². The van der Waals surface area contributed by atoms with Crippen LogP contribution in [0.2, 0.25) is 0 Å². The second kappa shape index (κ2) is 5.77. The van der Waals surface area contributed by atoms with Gasteiger partial charge in [0.05, 0.1) is 10.6 Å². The minimum absolute atomic E-state index is 0.0896. The first-order valence-electron chi connectivity index (χ1n) is 7.27. The first-order valence-corrected chi connectivity index (χ1v) is 9.16. The van der Waals surface area contributed by atoms with Crippen molar-refractivity contribution >= 4 is 21.4 Å². The van der Waals surface area contributed by atoms with Gasteiger partial charge in [0, 0.05) is 24.8 Å². The Morgan fingerprint density at radius 3 is 2.48 bits per heavy atom. The maximum absolute atomic E-state index is 14.4. The van der Waals surface area contributed by atoms with Crippen molar-refractivity contribution in [1.29, 1.82) is 0 Å². The van der Waals surface area contributed by atoms with Crippen molar-refractivity contribution in [2.45, 2.75) is 17.7 Å². The molecule has 2 aromatic rings. The lowest BCUT2D eigenvalue weighted by Crippen LogP contribution is -2.24. The molecule has 0 N–H and O–H groups in total. The van der Waals surface area contributed by atoms with Gasteiger partial charge in [0.15, 0.2) is 9.84 Å². The number of hydrogen-bond donors (Lipinski definition) is 0. The Balaban J connectivity index is 2.07. The molecule has 4 nitrogen and oxygen atoms in total. The van der Waals surface area contributed by atoms with Gasteiger partial charge in [-0.3, -0.25) is 4.79 Å². The number of carbonyl (C=O) groups is 1. The number of nitrogens with zero attached hydrogens (tertiary/aromatic N) is 1. The maximum atomic E-state index is 14.4. The highest BCUT2D eigenvalue weighted by atomic mass is 32.2. The van der Waals surface area contributed by atoms with Gasteiger partial charge in [-0.15, -0.1) is 0 Å². The van der Waals surface area contributed by atoms with Crippen molar-refractivity contribution in [1.82, 2.24) is 0 Å². The summed E-state index contributed by atoms with van der Waals surface area (Å²) in [6, 6.07) is 10.9. The van der Waals surface area contributed by atoms with Crippen molar-refractivity contribution in [3.63, 3.8) is 0 Å². The Morgan fingerprint density at radius 1 is 1.13 bits per heavy atom. The van der Waals surface area contributed by atoms with E-state index < -0.39 is 15.7 Å². The van der Waals surface area contributed by atoms with Crippen molar-refractivity contribution in [3.8, 4) is 11.1 Å². The Morgan fingerprint density at radius 2 is 1.87 bits per heavy atom. The Bertz CT molecular complexity index is 877. The summed E-state index contributed by atoms with van der Waals surface area (Å²) in [4.78, 5) is 13.3. The number of halogens is 1. The van der Waals surface area contributed by atoms with Crippen LogP contribution in [-0.4, -0.2) is 27.1 Å². The van der Waals surface area contributed by atoms with Crippen LogP contribution in [0.1, 0.15) is 12.8 Å². The molecule has 1 fully saturated rings. The van der Waals surface area contributed by atoms with Gasteiger partial charge in [0.1, 0.15) is 5.82 Å². The van der Waals surface area contributed by atoms with Crippen LogP contribution in [0, 0.1) is 5.82 Å². The van der Waals surface area contributed by atoms with Gasteiger partial charge in [-0.2, -0.15) is 0 Å². The number of carbonyl (C=O) groups excluding carboxylic acids is 1. The Labute approximate surface area is 134 Å². The molecule has 23 heavy (non-hydrogen) atoms. The number of sulfone groups is 1. The maximum Gasteiger partial charge on any atom is 0.227 e. The van der Waals surface area contributed by atoms with E-state index in [2.05, 4.69) is 0 Å². The average Bonchev–Trinajstić information content (AvgIpc) is 2.92. The Kier molecular flexibility index (Phi) is 3.93. The minimum atomic E-state index is -3.42. The van der Waals surface area contributed by atoms with Crippen LogP contribution in [0.5, 0.6) is 0 Å². The Hall–Kier alpha value is -2.21. The van der Waals surface area contributed by atoms with Gasteiger partial charge in [-0.1, -0.05) is 24.3 Å². The van der Waals surface area contributed by atoms with E-state index in [4.69, 9.17) is 0 Å². The summed E-state index contributed by atoms with van der Waals surface area (Å²) in [6.07, 6.45) is 2.27. The van der Waals surface area contributed by atoms with E-state index in [9.17, 15) is 17.6 Å². The van der Waals surface area contributed by atoms with Crippen LogP contribution in [-0.2, 0) is 14.6 Å². The number of rotatable bonds is 3. The predicted octanol–water partition coefficient (Wildman–Crippen LogP) is 3.02. The van der Waals surface area contributed by atoms with Crippen molar-refractivity contribution in [2.75, 3.05) is 17.7 Å². The lowest BCUT2D eigenvalue weighted by molar-refractivity contribution is -0.117. The molecular formula is C17H16FNO3S. The summed E-state index contributed by atoms with van der Waals surface area (Å²) in [7, 11) is -3.42. The van der Waals surface area contributed by atoms with E-state index in [1.54, 1.807) is 24.3 Å². The molecule has 0 atom stereocenters. The summed E-state index contributed by atoms with van der Waals surface area (Å²) in [6.45, 7) is 0.509. The molecule has 0 radical (unpaired) electrons. The van der Waals surface area contributed by atoms with Crippen LogP contribution < -0.4 is 4.90 Å². The van der Waals surface area contributed by atoms with Gasteiger partial charge >= 0.3 is 0 Å². The van der Waals surface area contributed by atoms with E-state index in [1.807, 2.05) is 0 Å². The standard InChI is InChI=1S/C17H16FNO3S/c1-23(21,22)16-6-3-2-5-13(16)12-8-9-15(14(18)11-12)19-10-4-7-17(19)20/h2-3,5-6,8-9,11H,4,7,10H2,1H3. The fourth-order valence-corrected chi connectivity index (χ4v) is 3.74. The topological polar surface area (TPSA) is 54.5 Å². The molecule has 1 aliphatic heterocycles. The minimum Gasteiger partial charge on any atom is -0.310 e. The molecular weight excluding hydrogens is 317 g/mol. The molecule has 0 spiro atoms. The third kappa shape index (κ3) is 2.99. The molecule has 1 aliphatic rings. The molecule has 1 amide bonds. The number of benzene rings is 2. The molecule has 3 rings (SSSR count). The van der Waals surface area contributed by atoms with Crippen LogP contribution in [0.3, 0.4) is 0 Å². The quantitative estimate of drug-likeness (QED) is 0.867. The summed E-state index contributed by atoms with van der Waals surface area (Å²) >= 11 is 0. The first kappa shape index (κ1) is 15.7. The van der Waals surface area contributed by atoms with Gasteiger partial charge in [0.2, 0.25) is 5.91 Å². The number of anilines is 1. The second-order valence-electron chi connectivity index (χ2n) is 5.58. The van der Waals surface area contributed by atoms with Crippen LogP contribution in [0.4, 0.5) is 10.1 Å². The van der Waals surface area contributed by atoms with E-state index >= 15 is 0 Å². The molecule has 0 unspecified atom stereocenters. The average molecular weight is 333 g/mol. The van der Waals surface area contributed by atoms with E-state index in [0.29, 0.717) is 24.1 Å². The molecule has 0 saturated carbocycles. The molecule has 1 heterocycles. The molecule has 0 aliphatic carbocycles. The number of hydrogen-bond acceptors (Lipinski definition) is 3. The lowest BCUT2D eigenvalue weighted by Gasteiger charge is -2.17. The molecule has 0 aromatic heterocycles. The summed E-state index contributed by atoms with van der Waals surface area (Å²) < 4.78 is 38.2. The highest BCUT2D eigenvalue weighted by Gasteiger charge is 2.24. The monoisotopic (exact) mass is 333 g/mol.